The number of esters is 1. The molecule has 3 aromatic carbocycles. The Morgan fingerprint density at radius 3 is 2.54 bits per heavy atom. The van der Waals surface area contributed by atoms with Gasteiger partial charge in [0.2, 0.25) is 5.78 Å². The van der Waals surface area contributed by atoms with Crippen molar-refractivity contribution < 1.29 is 19.1 Å². The summed E-state index contributed by atoms with van der Waals surface area (Å²) in [5, 5.41) is 0.533. The molecule has 138 valence electrons. The Morgan fingerprint density at radius 1 is 1.04 bits per heavy atom. The summed E-state index contributed by atoms with van der Waals surface area (Å²) in [6.45, 7) is 0. The van der Waals surface area contributed by atoms with Gasteiger partial charge in [0.15, 0.2) is 5.76 Å². The number of fused-ring (bicyclic) bond motifs is 1. The topological polar surface area (TPSA) is 52.6 Å². The summed E-state index contributed by atoms with van der Waals surface area (Å²) in [6, 6.07) is 18.6. The summed E-state index contributed by atoms with van der Waals surface area (Å²) < 4.78 is 11.9. The van der Waals surface area contributed by atoms with Crippen LogP contribution in [-0.4, -0.2) is 11.8 Å². The van der Waals surface area contributed by atoms with Gasteiger partial charge in [-0.3, -0.25) is 4.79 Å². The van der Waals surface area contributed by atoms with Crippen LogP contribution in [0, 0.1) is 0 Å². The lowest BCUT2D eigenvalue weighted by molar-refractivity contribution is 0.0734. The molecule has 4 rings (SSSR count). The van der Waals surface area contributed by atoms with Crippen molar-refractivity contribution in [2.45, 2.75) is 0 Å². The van der Waals surface area contributed by atoms with Gasteiger partial charge in [0.1, 0.15) is 11.5 Å². The molecule has 1 heterocycles. The molecule has 28 heavy (non-hydrogen) atoms. The number of carbonyl (C=O) groups excluding carboxylic acids is 2. The second-order valence-corrected chi connectivity index (χ2v) is 7.31. The van der Waals surface area contributed by atoms with Crippen LogP contribution in [0.2, 0.25) is 5.02 Å². The minimum atomic E-state index is -0.523. The lowest BCUT2D eigenvalue weighted by atomic mass is 10.1. The van der Waals surface area contributed by atoms with E-state index in [1.165, 1.54) is 6.07 Å². The Labute approximate surface area is 174 Å². The maximum Gasteiger partial charge on any atom is 0.343 e. The highest BCUT2D eigenvalue weighted by Gasteiger charge is 2.28. The van der Waals surface area contributed by atoms with Crippen molar-refractivity contribution in [2.75, 3.05) is 0 Å². The third-order valence-electron chi connectivity index (χ3n) is 4.12. The molecule has 1 aliphatic heterocycles. The maximum absolute atomic E-state index is 12.6. The predicted octanol–water partition coefficient (Wildman–Crippen LogP) is 5.94. The lowest BCUT2D eigenvalue weighted by Crippen LogP contribution is -2.08. The summed E-state index contributed by atoms with van der Waals surface area (Å²) in [6.07, 6.45) is 1.67. The number of rotatable bonds is 3. The molecule has 0 radical (unpaired) electrons. The normalized spacial score (nSPS) is 13.9. The summed E-state index contributed by atoms with van der Waals surface area (Å²) in [4.78, 5) is 24.8. The third kappa shape index (κ3) is 3.72. The number of hydrogen-bond acceptors (Lipinski definition) is 4. The van der Waals surface area contributed by atoms with Gasteiger partial charge in [0, 0.05) is 15.6 Å². The standard InChI is InChI=1S/C22H12BrClO4/c23-18-4-2-1-3-14(18)11-20-21(25)17-10-9-16(12-19(17)28-20)27-22(26)13-5-7-15(24)8-6-13/h1-12H. The van der Waals surface area contributed by atoms with Crippen LogP contribution < -0.4 is 9.47 Å². The van der Waals surface area contributed by atoms with E-state index in [-0.39, 0.29) is 17.3 Å². The Bertz CT molecular complexity index is 1120. The maximum atomic E-state index is 12.6. The van der Waals surface area contributed by atoms with Crippen molar-refractivity contribution in [1.82, 2.24) is 0 Å². The van der Waals surface area contributed by atoms with E-state index in [9.17, 15) is 9.59 Å². The summed E-state index contributed by atoms with van der Waals surface area (Å²) in [5.74, 6) is 0.104. The van der Waals surface area contributed by atoms with Crippen molar-refractivity contribution >= 4 is 45.4 Å². The van der Waals surface area contributed by atoms with Crippen LogP contribution in [0.4, 0.5) is 0 Å². The number of hydrogen-bond donors (Lipinski definition) is 0. The predicted molar refractivity (Wildman–Crippen MR) is 110 cm³/mol. The molecule has 1 aliphatic rings. The minimum Gasteiger partial charge on any atom is -0.452 e. The molecule has 0 amide bonds. The van der Waals surface area contributed by atoms with Gasteiger partial charge < -0.3 is 9.47 Å². The molecule has 0 fully saturated rings. The highest BCUT2D eigenvalue weighted by molar-refractivity contribution is 9.10. The quantitative estimate of drug-likeness (QED) is 0.279. The zero-order valence-electron chi connectivity index (χ0n) is 14.3. The van der Waals surface area contributed by atoms with Crippen LogP contribution in [0.15, 0.2) is 77.0 Å². The van der Waals surface area contributed by atoms with Crippen molar-refractivity contribution in [3.63, 3.8) is 0 Å². The fourth-order valence-electron chi connectivity index (χ4n) is 2.72. The molecule has 3 aromatic rings. The van der Waals surface area contributed by atoms with E-state index in [1.54, 1.807) is 42.5 Å². The first-order chi connectivity index (χ1) is 13.5. The number of ether oxygens (including phenoxy) is 2. The molecule has 0 saturated heterocycles. The van der Waals surface area contributed by atoms with E-state index in [0.29, 0.717) is 21.9 Å². The average molecular weight is 456 g/mol. The number of carbonyl (C=O) groups is 2. The summed E-state index contributed by atoms with van der Waals surface area (Å²) >= 11 is 9.27. The van der Waals surface area contributed by atoms with Crippen molar-refractivity contribution in [3.8, 4) is 11.5 Å². The Kier molecular flexibility index (Phi) is 5.03. The molecule has 0 bridgehead atoms. The molecule has 0 atom stereocenters. The smallest absolute Gasteiger partial charge is 0.343 e. The number of ketones is 1. The van der Waals surface area contributed by atoms with Crippen LogP contribution in [0.5, 0.6) is 11.5 Å². The first-order valence-electron chi connectivity index (χ1n) is 8.32. The third-order valence-corrected chi connectivity index (χ3v) is 5.10. The van der Waals surface area contributed by atoms with E-state index in [1.807, 2.05) is 24.3 Å². The molecule has 6 heteroatoms. The second kappa shape index (κ2) is 7.62. The van der Waals surface area contributed by atoms with E-state index in [2.05, 4.69) is 15.9 Å². The monoisotopic (exact) mass is 454 g/mol. The van der Waals surface area contributed by atoms with Crippen LogP contribution in [0.25, 0.3) is 6.08 Å². The zero-order chi connectivity index (χ0) is 19.7. The highest BCUT2D eigenvalue weighted by Crippen LogP contribution is 2.35. The van der Waals surface area contributed by atoms with Gasteiger partial charge in [-0.2, -0.15) is 0 Å². The molecule has 0 saturated carbocycles. The first-order valence-corrected chi connectivity index (χ1v) is 9.49. The van der Waals surface area contributed by atoms with Gasteiger partial charge in [-0.15, -0.1) is 0 Å². The van der Waals surface area contributed by atoms with Gasteiger partial charge >= 0.3 is 5.97 Å². The minimum absolute atomic E-state index is 0.211. The fourth-order valence-corrected chi connectivity index (χ4v) is 3.24. The average Bonchev–Trinajstić information content (AvgIpc) is 2.99. The van der Waals surface area contributed by atoms with Gasteiger partial charge in [0.05, 0.1) is 11.1 Å². The Balaban J connectivity index is 1.56. The number of benzene rings is 3. The van der Waals surface area contributed by atoms with Gasteiger partial charge in [-0.1, -0.05) is 45.7 Å². The van der Waals surface area contributed by atoms with E-state index >= 15 is 0 Å². The summed E-state index contributed by atoms with van der Waals surface area (Å²) in [5.41, 5.74) is 1.62. The SMILES string of the molecule is O=C(Oc1ccc2c(c1)OC(=Cc1ccccc1Br)C2=O)c1ccc(Cl)cc1. The van der Waals surface area contributed by atoms with Gasteiger partial charge in [0.25, 0.3) is 0 Å². The number of halogens is 2. The molecule has 0 aliphatic carbocycles. The summed E-state index contributed by atoms with van der Waals surface area (Å²) in [7, 11) is 0. The molecule has 0 N–H and O–H groups in total. The molecule has 0 aromatic heterocycles. The lowest BCUT2D eigenvalue weighted by Gasteiger charge is -2.06. The van der Waals surface area contributed by atoms with Gasteiger partial charge in [-0.25, -0.2) is 4.79 Å². The van der Waals surface area contributed by atoms with Crippen LogP contribution >= 0.6 is 27.5 Å². The van der Waals surface area contributed by atoms with E-state index in [0.717, 1.165) is 10.0 Å². The first kappa shape index (κ1) is 18.5. The van der Waals surface area contributed by atoms with Crippen LogP contribution in [-0.2, 0) is 0 Å². The Morgan fingerprint density at radius 2 is 1.79 bits per heavy atom. The van der Waals surface area contributed by atoms with Crippen LogP contribution in [0.1, 0.15) is 26.3 Å². The molecule has 0 unspecified atom stereocenters. The van der Waals surface area contributed by atoms with Crippen molar-refractivity contribution in [1.29, 1.82) is 0 Å². The molecule has 0 spiro atoms. The fraction of sp³-hybridized carbons (Fsp3) is 0. The Hall–Kier alpha value is -2.89. The molecular weight excluding hydrogens is 444 g/mol. The molecular formula is C22H12BrClO4. The zero-order valence-corrected chi connectivity index (χ0v) is 16.7. The molecule has 4 nitrogen and oxygen atoms in total. The number of allylic oxidation sites excluding steroid dienone is 1. The van der Waals surface area contributed by atoms with Crippen molar-refractivity contribution in [3.05, 3.63) is 98.7 Å². The van der Waals surface area contributed by atoms with E-state index < -0.39 is 5.97 Å². The van der Waals surface area contributed by atoms with Crippen molar-refractivity contribution in [2.24, 2.45) is 0 Å². The second-order valence-electron chi connectivity index (χ2n) is 6.02. The highest BCUT2D eigenvalue weighted by atomic mass is 79.9. The van der Waals surface area contributed by atoms with E-state index in [4.69, 9.17) is 21.1 Å². The number of Topliss-reactive ketones (excluding diaryl/α,β-unsaturated/α-hetero) is 1. The van der Waals surface area contributed by atoms with Gasteiger partial charge in [-0.05, 0) is 54.1 Å². The largest absolute Gasteiger partial charge is 0.452 e. The van der Waals surface area contributed by atoms with Crippen LogP contribution in [0.3, 0.4) is 0 Å².